The van der Waals surface area contributed by atoms with Crippen LogP contribution in [-0.2, 0) is 4.79 Å². The molecule has 0 aromatic heterocycles. The number of hydrogen-bond acceptors (Lipinski definition) is 2. The van der Waals surface area contributed by atoms with E-state index in [2.05, 4.69) is 11.8 Å². The van der Waals surface area contributed by atoms with Crippen LogP contribution >= 0.6 is 0 Å². The third-order valence-electron chi connectivity index (χ3n) is 5.52. The normalized spacial score (nSPS) is 40.8. The van der Waals surface area contributed by atoms with Gasteiger partial charge in [-0.1, -0.05) is 6.92 Å². The number of hydrogen-bond donors (Lipinski definition) is 1. The van der Waals surface area contributed by atoms with Crippen molar-refractivity contribution in [1.29, 1.82) is 0 Å². The number of fused-ring (bicyclic) bond motifs is 1. The Morgan fingerprint density at radius 3 is 2.32 bits per heavy atom. The van der Waals surface area contributed by atoms with Crippen molar-refractivity contribution in [2.75, 3.05) is 6.54 Å². The smallest absolute Gasteiger partial charge is 0.225 e. The third-order valence-corrected chi connectivity index (χ3v) is 5.52. The van der Waals surface area contributed by atoms with E-state index in [0.29, 0.717) is 23.9 Å². The molecule has 0 spiro atoms. The predicted molar refractivity (Wildman–Crippen MR) is 76.6 cm³/mol. The summed E-state index contributed by atoms with van der Waals surface area (Å²) in [4.78, 5) is 15.0. The Balaban J connectivity index is 1.60. The van der Waals surface area contributed by atoms with Gasteiger partial charge in [-0.15, -0.1) is 0 Å². The number of rotatable bonds is 4. The van der Waals surface area contributed by atoms with Crippen LogP contribution in [0.15, 0.2) is 0 Å². The van der Waals surface area contributed by atoms with E-state index in [-0.39, 0.29) is 0 Å². The van der Waals surface area contributed by atoms with Gasteiger partial charge in [0.2, 0.25) is 5.91 Å². The van der Waals surface area contributed by atoms with Crippen molar-refractivity contribution in [3.05, 3.63) is 0 Å². The first-order chi connectivity index (χ1) is 9.19. The lowest BCUT2D eigenvalue weighted by molar-refractivity contribution is -0.138. The zero-order valence-corrected chi connectivity index (χ0v) is 12.2. The lowest BCUT2D eigenvalue weighted by atomic mass is 9.89. The van der Waals surface area contributed by atoms with Gasteiger partial charge in [-0.05, 0) is 63.2 Å². The van der Waals surface area contributed by atoms with E-state index in [1.807, 2.05) is 0 Å². The minimum Gasteiger partial charge on any atom is -0.339 e. The van der Waals surface area contributed by atoms with Crippen molar-refractivity contribution in [3.63, 3.8) is 0 Å². The van der Waals surface area contributed by atoms with E-state index in [4.69, 9.17) is 5.73 Å². The molecule has 0 bridgehead atoms. The van der Waals surface area contributed by atoms with Crippen molar-refractivity contribution in [2.24, 2.45) is 23.5 Å². The quantitative estimate of drug-likeness (QED) is 0.848. The molecule has 3 nitrogen and oxygen atoms in total. The molecule has 2 atom stereocenters. The molecule has 3 fully saturated rings. The highest BCUT2D eigenvalue weighted by Crippen LogP contribution is 2.54. The minimum atomic E-state index is 0.353. The van der Waals surface area contributed by atoms with E-state index in [1.54, 1.807) is 0 Å². The van der Waals surface area contributed by atoms with Crippen molar-refractivity contribution in [3.8, 4) is 0 Å². The van der Waals surface area contributed by atoms with E-state index in [0.717, 1.165) is 50.5 Å². The van der Waals surface area contributed by atoms with Gasteiger partial charge in [0.15, 0.2) is 0 Å². The fourth-order valence-corrected chi connectivity index (χ4v) is 4.28. The average molecular weight is 264 g/mol. The monoisotopic (exact) mass is 264 g/mol. The lowest BCUT2D eigenvalue weighted by Gasteiger charge is -2.37. The highest BCUT2D eigenvalue weighted by molar-refractivity contribution is 5.79. The SMILES string of the molecule is CCCN(C(=O)C1CC2CC2C1)C1CCC(N)CC1. The summed E-state index contributed by atoms with van der Waals surface area (Å²) in [6, 6.07) is 0.845. The molecule has 3 saturated carbocycles. The highest BCUT2D eigenvalue weighted by Gasteiger charge is 2.49. The first-order valence-electron chi connectivity index (χ1n) is 8.25. The molecule has 3 aliphatic rings. The molecular weight excluding hydrogens is 236 g/mol. The number of amides is 1. The third kappa shape index (κ3) is 2.81. The zero-order valence-electron chi connectivity index (χ0n) is 12.2. The molecule has 108 valence electrons. The lowest BCUT2D eigenvalue weighted by Crippen LogP contribution is -2.46. The maximum absolute atomic E-state index is 12.8. The molecule has 3 rings (SSSR count). The van der Waals surface area contributed by atoms with E-state index in [1.165, 1.54) is 19.3 Å². The van der Waals surface area contributed by atoms with Crippen molar-refractivity contribution >= 4 is 5.91 Å². The second-order valence-electron chi connectivity index (χ2n) is 7.02. The van der Waals surface area contributed by atoms with E-state index in [9.17, 15) is 4.79 Å². The molecule has 0 radical (unpaired) electrons. The molecule has 1 amide bonds. The maximum Gasteiger partial charge on any atom is 0.225 e. The minimum absolute atomic E-state index is 0.353. The van der Waals surface area contributed by atoms with Gasteiger partial charge < -0.3 is 10.6 Å². The topological polar surface area (TPSA) is 46.3 Å². The van der Waals surface area contributed by atoms with Crippen LogP contribution in [0.25, 0.3) is 0 Å². The molecule has 0 aliphatic heterocycles. The van der Waals surface area contributed by atoms with Gasteiger partial charge in [-0.25, -0.2) is 0 Å². The van der Waals surface area contributed by atoms with Crippen LogP contribution in [0.3, 0.4) is 0 Å². The molecule has 0 saturated heterocycles. The van der Waals surface area contributed by atoms with Gasteiger partial charge in [0.1, 0.15) is 0 Å². The number of nitrogens with two attached hydrogens (primary N) is 1. The first-order valence-corrected chi connectivity index (χ1v) is 8.25. The molecule has 0 heterocycles. The Labute approximate surface area is 116 Å². The Kier molecular flexibility index (Phi) is 3.84. The Morgan fingerprint density at radius 1 is 1.11 bits per heavy atom. The first kappa shape index (κ1) is 13.4. The molecule has 0 aromatic rings. The highest BCUT2D eigenvalue weighted by atomic mass is 16.2. The summed E-state index contributed by atoms with van der Waals surface area (Å²) in [5.74, 6) is 2.62. The molecule has 0 aromatic carbocycles. The Morgan fingerprint density at radius 2 is 1.74 bits per heavy atom. The Hall–Kier alpha value is -0.570. The predicted octanol–water partition coefficient (Wildman–Crippen LogP) is 2.54. The van der Waals surface area contributed by atoms with Crippen LogP contribution in [0.1, 0.15) is 58.3 Å². The van der Waals surface area contributed by atoms with Crippen molar-refractivity contribution < 1.29 is 4.79 Å². The van der Waals surface area contributed by atoms with Crippen LogP contribution in [-0.4, -0.2) is 29.4 Å². The molecule has 2 unspecified atom stereocenters. The summed E-state index contributed by atoms with van der Waals surface area (Å²) >= 11 is 0. The van der Waals surface area contributed by atoms with Crippen LogP contribution < -0.4 is 5.73 Å². The molecule has 2 N–H and O–H groups in total. The van der Waals surface area contributed by atoms with Crippen LogP contribution in [0.2, 0.25) is 0 Å². The van der Waals surface area contributed by atoms with Gasteiger partial charge >= 0.3 is 0 Å². The number of nitrogens with zero attached hydrogens (tertiary/aromatic N) is 1. The van der Waals surface area contributed by atoms with E-state index >= 15 is 0 Å². The van der Waals surface area contributed by atoms with Gasteiger partial charge in [-0.2, -0.15) is 0 Å². The molecular formula is C16H28N2O. The van der Waals surface area contributed by atoms with E-state index < -0.39 is 0 Å². The standard InChI is InChI=1S/C16H28N2O/c1-2-7-18(15-5-3-14(17)4-6-15)16(19)13-9-11-8-12(11)10-13/h11-15H,2-10,17H2,1H3. The van der Waals surface area contributed by atoms with Crippen LogP contribution in [0, 0.1) is 17.8 Å². The van der Waals surface area contributed by atoms with Crippen molar-refractivity contribution in [2.45, 2.75) is 70.4 Å². The molecule has 3 aliphatic carbocycles. The average Bonchev–Trinajstić information content (AvgIpc) is 3.03. The summed E-state index contributed by atoms with van der Waals surface area (Å²) in [5, 5.41) is 0. The second kappa shape index (κ2) is 5.43. The summed E-state index contributed by atoms with van der Waals surface area (Å²) in [7, 11) is 0. The Bertz CT molecular complexity index is 326. The van der Waals surface area contributed by atoms with Crippen molar-refractivity contribution in [1.82, 2.24) is 4.90 Å². The van der Waals surface area contributed by atoms with Gasteiger partial charge in [0, 0.05) is 24.5 Å². The summed E-state index contributed by atoms with van der Waals surface area (Å²) < 4.78 is 0. The van der Waals surface area contributed by atoms with Gasteiger partial charge in [0.25, 0.3) is 0 Å². The van der Waals surface area contributed by atoms with Gasteiger partial charge in [0.05, 0.1) is 0 Å². The maximum atomic E-state index is 12.8. The van der Waals surface area contributed by atoms with Crippen LogP contribution in [0.4, 0.5) is 0 Å². The largest absolute Gasteiger partial charge is 0.339 e. The van der Waals surface area contributed by atoms with Crippen LogP contribution in [0.5, 0.6) is 0 Å². The molecule has 19 heavy (non-hydrogen) atoms. The fourth-order valence-electron chi connectivity index (χ4n) is 4.28. The number of carbonyl (C=O) groups is 1. The number of carbonyl (C=O) groups excluding carboxylic acids is 1. The fraction of sp³-hybridized carbons (Fsp3) is 0.938. The summed E-state index contributed by atoms with van der Waals surface area (Å²) in [6.45, 7) is 3.13. The zero-order chi connectivity index (χ0) is 13.4. The second-order valence-corrected chi connectivity index (χ2v) is 7.02. The molecule has 3 heteroatoms. The summed E-state index contributed by atoms with van der Waals surface area (Å²) in [5.41, 5.74) is 5.99. The van der Waals surface area contributed by atoms with Gasteiger partial charge in [-0.3, -0.25) is 4.79 Å². The summed E-state index contributed by atoms with van der Waals surface area (Å²) in [6.07, 6.45) is 9.25.